The van der Waals surface area contributed by atoms with Crippen molar-refractivity contribution in [3.8, 4) is 5.69 Å². The molecule has 0 spiro atoms. The lowest BCUT2D eigenvalue weighted by Gasteiger charge is -2.09. The predicted octanol–water partition coefficient (Wildman–Crippen LogP) is 4.93. The first kappa shape index (κ1) is 18.3. The number of hydrogen-bond donors (Lipinski definition) is 1. The minimum Gasteiger partial charge on any atom is -0.305 e. The average Bonchev–Trinajstić information content (AvgIpc) is 3.35. The molecular weight excluding hydrogens is 411 g/mol. The Kier molecular flexibility index (Phi) is 4.56. The van der Waals surface area contributed by atoms with Gasteiger partial charge in [-0.15, -0.1) is 11.3 Å². The lowest BCUT2D eigenvalue weighted by atomic mass is 9.97. The van der Waals surface area contributed by atoms with Crippen LogP contribution >= 0.6 is 22.9 Å². The van der Waals surface area contributed by atoms with E-state index in [9.17, 15) is 9.18 Å². The number of benzene rings is 1. The van der Waals surface area contributed by atoms with Crippen LogP contribution in [0.1, 0.15) is 34.7 Å². The van der Waals surface area contributed by atoms with Gasteiger partial charge in [0.05, 0.1) is 10.4 Å². The highest BCUT2D eigenvalue weighted by Gasteiger charge is 2.20. The van der Waals surface area contributed by atoms with Gasteiger partial charge in [-0.2, -0.15) is 5.10 Å². The molecule has 0 radical (unpaired) electrons. The molecule has 5 nitrogen and oxygen atoms in total. The van der Waals surface area contributed by atoms with Crippen LogP contribution in [0.25, 0.3) is 27.0 Å². The van der Waals surface area contributed by atoms with Gasteiger partial charge in [-0.3, -0.25) is 4.79 Å². The fraction of sp³-hybridized carbons (Fsp3) is 0.190. The molecule has 0 atom stereocenters. The summed E-state index contributed by atoms with van der Waals surface area (Å²) in [5, 5.41) is 4.98. The Morgan fingerprint density at radius 2 is 2.17 bits per heavy atom. The molecule has 0 unspecified atom stereocenters. The molecular formula is C21H16ClFN4OS. The van der Waals surface area contributed by atoms with Crippen molar-refractivity contribution in [1.29, 1.82) is 0 Å². The molecule has 146 valence electrons. The summed E-state index contributed by atoms with van der Waals surface area (Å²) >= 11 is 7.99. The van der Waals surface area contributed by atoms with Crippen LogP contribution in [-0.4, -0.2) is 19.7 Å². The summed E-state index contributed by atoms with van der Waals surface area (Å²) in [5.41, 5.74) is 1.88. The van der Waals surface area contributed by atoms with E-state index in [2.05, 4.69) is 15.1 Å². The van der Waals surface area contributed by atoms with Gasteiger partial charge in [0.2, 0.25) is 0 Å². The van der Waals surface area contributed by atoms with Crippen LogP contribution in [0, 0.1) is 5.82 Å². The van der Waals surface area contributed by atoms with Crippen molar-refractivity contribution in [2.24, 2.45) is 0 Å². The number of nitrogens with zero attached hydrogens (tertiary/aromatic N) is 3. The third-order valence-corrected chi connectivity index (χ3v) is 6.54. The van der Waals surface area contributed by atoms with Crippen LogP contribution in [0.4, 0.5) is 4.39 Å². The largest absolute Gasteiger partial charge is 0.305 e. The molecule has 0 bridgehead atoms. The lowest BCUT2D eigenvalue weighted by molar-refractivity contribution is 0.610. The van der Waals surface area contributed by atoms with Crippen LogP contribution < -0.4 is 5.56 Å². The summed E-state index contributed by atoms with van der Waals surface area (Å²) in [7, 11) is 0. The van der Waals surface area contributed by atoms with Crippen molar-refractivity contribution in [3.63, 3.8) is 0 Å². The summed E-state index contributed by atoms with van der Waals surface area (Å²) in [6.45, 7) is 0. The van der Waals surface area contributed by atoms with E-state index in [-0.39, 0.29) is 10.6 Å². The molecule has 0 saturated heterocycles. The summed E-state index contributed by atoms with van der Waals surface area (Å²) in [5.74, 6) is -0.130. The van der Waals surface area contributed by atoms with E-state index in [0.29, 0.717) is 27.3 Å². The van der Waals surface area contributed by atoms with Gasteiger partial charge in [-0.05, 0) is 61.1 Å². The van der Waals surface area contributed by atoms with Crippen molar-refractivity contribution in [2.75, 3.05) is 0 Å². The van der Waals surface area contributed by atoms with Gasteiger partial charge in [-0.1, -0.05) is 17.7 Å². The highest BCUT2D eigenvalue weighted by atomic mass is 35.5. The third kappa shape index (κ3) is 3.30. The van der Waals surface area contributed by atoms with Crippen molar-refractivity contribution < 1.29 is 4.39 Å². The van der Waals surface area contributed by atoms with E-state index in [1.807, 2.05) is 0 Å². The number of aromatic amines is 1. The van der Waals surface area contributed by atoms with Crippen molar-refractivity contribution >= 4 is 44.3 Å². The Morgan fingerprint density at radius 3 is 2.97 bits per heavy atom. The Balaban J connectivity index is 1.52. The standard InChI is InChI=1S/C21H16ClFN4OS/c22-14(10-12-6-7-16(15(23)11-12)27-9-3-8-24-27)19-25-20(28)18-13-4-1-2-5-17(13)29-21(18)26-19/h3,6-11H,1-2,4-5H2,(H,25,26,28)/b14-10-. The molecule has 8 heteroatoms. The number of thiophene rings is 1. The smallest absolute Gasteiger partial charge is 0.260 e. The lowest BCUT2D eigenvalue weighted by Crippen LogP contribution is -2.12. The van der Waals surface area contributed by atoms with E-state index in [1.165, 1.54) is 15.6 Å². The quantitative estimate of drug-likeness (QED) is 0.505. The molecule has 0 aliphatic heterocycles. The van der Waals surface area contributed by atoms with Crippen LogP contribution in [0.3, 0.4) is 0 Å². The number of rotatable bonds is 3. The van der Waals surface area contributed by atoms with Gasteiger partial charge in [0.15, 0.2) is 5.82 Å². The molecule has 1 N–H and O–H groups in total. The molecule has 4 aromatic rings. The third-order valence-electron chi connectivity index (χ3n) is 5.07. The highest BCUT2D eigenvalue weighted by molar-refractivity contribution is 7.18. The second-order valence-corrected chi connectivity index (χ2v) is 8.45. The molecule has 1 aromatic carbocycles. The van der Waals surface area contributed by atoms with Gasteiger partial charge in [0.1, 0.15) is 16.3 Å². The highest BCUT2D eigenvalue weighted by Crippen LogP contribution is 2.34. The minimum atomic E-state index is -0.422. The number of fused-ring (bicyclic) bond motifs is 3. The predicted molar refractivity (Wildman–Crippen MR) is 114 cm³/mol. The molecule has 0 fully saturated rings. The number of nitrogens with one attached hydrogen (secondary N) is 1. The van der Waals surface area contributed by atoms with E-state index >= 15 is 0 Å². The van der Waals surface area contributed by atoms with Gasteiger partial charge < -0.3 is 4.98 Å². The van der Waals surface area contributed by atoms with Crippen molar-refractivity contribution in [3.05, 3.63) is 74.7 Å². The number of aromatic nitrogens is 4. The average molecular weight is 427 g/mol. The Hall–Kier alpha value is -2.77. The normalized spacial score (nSPS) is 14.3. The zero-order valence-electron chi connectivity index (χ0n) is 15.3. The van der Waals surface area contributed by atoms with Gasteiger partial charge in [-0.25, -0.2) is 14.1 Å². The number of aryl methyl sites for hydroxylation is 2. The topological polar surface area (TPSA) is 63.6 Å². The van der Waals surface area contributed by atoms with E-state index in [4.69, 9.17) is 11.6 Å². The summed E-state index contributed by atoms with van der Waals surface area (Å²) < 4.78 is 15.9. The number of hydrogen-bond acceptors (Lipinski definition) is 4. The summed E-state index contributed by atoms with van der Waals surface area (Å²) in [6, 6.07) is 6.47. The second-order valence-electron chi connectivity index (χ2n) is 6.96. The van der Waals surface area contributed by atoms with E-state index < -0.39 is 5.82 Å². The maximum Gasteiger partial charge on any atom is 0.260 e. The Morgan fingerprint density at radius 1 is 1.31 bits per heavy atom. The molecule has 5 rings (SSSR count). The maximum atomic E-state index is 14.5. The first-order chi connectivity index (χ1) is 14.1. The molecule has 1 aliphatic carbocycles. The zero-order chi connectivity index (χ0) is 20.0. The Labute approximate surface area is 174 Å². The SMILES string of the molecule is O=c1[nH]c(/C(Cl)=C/c2ccc(-n3cccn3)c(F)c2)nc2sc3c(c12)CCCC3. The summed E-state index contributed by atoms with van der Waals surface area (Å²) in [6.07, 6.45) is 9.01. The molecule has 0 amide bonds. The van der Waals surface area contributed by atoms with Crippen LogP contribution in [-0.2, 0) is 12.8 Å². The molecule has 3 aromatic heterocycles. The van der Waals surface area contributed by atoms with Gasteiger partial charge >= 0.3 is 0 Å². The Bertz CT molecular complexity index is 1310. The molecule has 0 saturated carbocycles. The van der Waals surface area contributed by atoms with Crippen LogP contribution in [0.2, 0.25) is 0 Å². The molecule has 3 heterocycles. The minimum absolute atomic E-state index is 0.170. The number of halogens is 2. The van der Waals surface area contributed by atoms with E-state index in [0.717, 1.165) is 31.2 Å². The first-order valence-electron chi connectivity index (χ1n) is 9.32. The maximum absolute atomic E-state index is 14.5. The van der Waals surface area contributed by atoms with Crippen LogP contribution in [0.15, 0.2) is 41.5 Å². The van der Waals surface area contributed by atoms with Crippen molar-refractivity contribution in [2.45, 2.75) is 25.7 Å². The fourth-order valence-corrected chi connectivity index (χ4v) is 5.18. The molecule has 29 heavy (non-hydrogen) atoms. The fourth-order valence-electron chi connectivity index (χ4n) is 3.70. The monoisotopic (exact) mass is 426 g/mol. The number of H-pyrrole nitrogens is 1. The summed E-state index contributed by atoms with van der Waals surface area (Å²) in [4.78, 5) is 22.0. The van der Waals surface area contributed by atoms with Gasteiger partial charge in [0.25, 0.3) is 5.56 Å². The van der Waals surface area contributed by atoms with Crippen LogP contribution in [0.5, 0.6) is 0 Å². The van der Waals surface area contributed by atoms with Crippen molar-refractivity contribution in [1.82, 2.24) is 19.7 Å². The first-order valence-corrected chi connectivity index (χ1v) is 10.5. The van der Waals surface area contributed by atoms with E-state index in [1.54, 1.807) is 48.0 Å². The zero-order valence-corrected chi connectivity index (χ0v) is 16.9. The van der Waals surface area contributed by atoms with Gasteiger partial charge in [0, 0.05) is 17.3 Å². The molecule has 1 aliphatic rings. The second kappa shape index (κ2) is 7.24.